The highest BCUT2D eigenvalue weighted by Gasteiger charge is 2.23. The molecule has 0 saturated heterocycles. The summed E-state index contributed by atoms with van der Waals surface area (Å²) in [6.45, 7) is 2.47. The quantitative estimate of drug-likeness (QED) is 0.811. The predicted molar refractivity (Wildman–Crippen MR) is 100 cm³/mol. The van der Waals surface area contributed by atoms with E-state index in [0.717, 1.165) is 12.2 Å². The van der Waals surface area contributed by atoms with Gasteiger partial charge in [0, 0.05) is 17.2 Å². The molecule has 2 unspecified atom stereocenters. The van der Waals surface area contributed by atoms with Crippen LogP contribution in [0.25, 0.3) is 0 Å². The van der Waals surface area contributed by atoms with Crippen molar-refractivity contribution < 1.29 is 4.79 Å². The second-order valence-corrected chi connectivity index (χ2v) is 7.47. The van der Waals surface area contributed by atoms with E-state index in [-0.39, 0.29) is 11.9 Å². The summed E-state index contributed by atoms with van der Waals surface area (Å²) in [6.07, 6.45) is 2.30. The standard InChI is InChI=1S/C20H24N2OS/c1-14(20(21)23)22-12-16-8-10-19-18(11-16)17(13-24-19)9-7-15-5-3-2-4-6-15/h2-6,8,10-11,14,17,22H,7,9,12-13H2,1H3,(H2,21,23). The summed E-state index contributed by atoms with van der Waals surface area (Å²) < 4.78 is 0. The number of aryl methyl sites for hydroxylation is 1. The number of thioether (sulfide) groups is 1. The Morgan fingerprint density at radius 2 is 2.04 bits per heavy atom. The van der Waals surface area contributed by atoms with Crippen molar-refractivity contribution in [2.75, 3.05) is 5.75 Å². The molecule has 3 rings (SSSR count). The molecule has 3 N–H and O–H groups in total. The van der Waals surface area contributed by atoms with E-state index in [9.17, 15) is 4.79 Å². The fourth-order valence-electron chi connectivity index (χ4n) is 3.03. The molecule has 1 aliphatic heterocycles. The molecular weight excluding hydrogens is 316 g/mol. The molecule has 2 aromatic carbocycles. The minimum atomic E-state index is -0.313. The smallest absolute Gasteiger partial charge is 0.234 e. The Labute approximate surface area is 148 Å². The van der Waals surface area contributed by atoms with E-state index in [1.54, 1.807) is 6.92 Å². The molecule has 126 valence electrons. The van der Waals surface area contributed by atoms with Gasteiger partial charge in [0.2, 0.25) is 5.91 Å². The zero-order valence-corrected chi connectivity index (χ0v) is 14.8. The van der Waals surface area contributed by atoms with Crippen LogP contribution in [0.15, 0.2) is 53.4 Å². The van der Waals surface area contributed by atoms with Gasteiger partial charge in [-0.2, -0.15) is 0 Å². The van der Waals surface area contributed by atoms with Gasteiger partial charge in [-0.1, -0.05) is 42.5 Å². The Hall–Kier alpha value is -1.78. The number of nitrogens with one attached hydrogen (secondary N) is 1. The molecule has 0 saturated carbocycles. The lowest BCUT2D eigenvalue weighted by Gasteiger charge is -2.14. The summed E-state index contributed by atoms with van der Waals surface area (Å²) in [5.74, 6) is 1.46. The number of hydrogen-bond acceptors (Lipinski definition) is 3. The number of amides is 1. The zero-order valence-electron chi connectivity index (χ0n) is 14.0. The number of nitrogens with two attached hydrogens (primary N) is 1. The van der Waals surface area contributed by atoms with Crippen molar-refractivity contribution in [3.63, 3.8) is 0 Å². The van der Waals surface area contributed by atoms with Gasteiger partial charge in [0.15, 0.2) is 0 Å². The van der Waals surface area contributed by atoms with Crippen molar-refractivity contribution in [1.29, 1.82) is 0 Å². The Balaban J connectivity index is 1.63. The normalized spacial score (nSPS) is 17.5. The van der Waals surface area contributed by atoms with Gasteiger partial charge in [0.25, 0.3) is 0 Å². The summed E-state index contributed by atoms with van der Waals surface area (Å²) in [6, 6.07) is 17.0. The molecule has 0 aliphatic carbocycles. The van der Waals surface area contributed by atoms with Crippen LogP contribution in [0.3, 0.4) is 0 Å². The first-order valence-corrected chi connectivity index (χ1v) is 9.44. The third kappa shape index (κ3) is 4.19. The summed E-state index contributed by atoms with van der Waals surface area (Å²) in [4.78, 5) is 12.5. The maximum absolute atomic E-state index is 11.1. The summed E-state index contributed by atoms with van der Waals surface area (Å²) in [5.41, 5.74) is 9.39. The van der Waals surface area contributed by atoms with Crippen molar-refractivity contribution in [2.24, 2.45) is 5.73 Å². The highest BCUT2D eigenvalue weighted by atomic mass is 32.2. The molecular formula is C20H24N2OS. The van der Waals surface area contributed by atoms with Crippen molar-refractivity contribution in [3.05, 3.63) is 65.2 Å². The largest absolute Gasteiger partial charge is 0.368 e. The molecule has 24 heavy (non-hydrogen) atoms. The fraction of sp³-hybridized carbons (Fsp3) is 0.350. The van der Waals surface area contributed by atoms with Gasteiger partial charge >= 0.3 is 0 Å². The van der Waals surface area contributed by atoms with Crippen LogP contribution in [0.4, 0.5) is 0 Å². The van der Waals surface area contributed by atoms with Crippen molar-refractivity contribution in [2.45, 2.75) is 43.2 Å². The maximum Gasteiger partial charge on any atom is 0.234 e. The molecule has 4 heteroatoms. The Kier molecular flexibility index (Phi) is 5.59. The molecule has 0 aromatic heterocycles. The summed E-state index contributed by atoms with van der Waals surface area (Å²) in [5, 5.41) is 3.18. The van der Waals surface area contributed by atoms with Crippen LogP contribution >= 0.6 is 11.8 Å². The number of hydrogen-bond donors (Lipinski definition) is 2. The lowest BCUT2D eigenvalue weighted by Crippen LogP contribution is -2.38. The Morgan fingerprint density at radius 1 is 1.25 bits per heavy atom. The SMILES string of the molecule is CC(NCc1ccc2c(c1)C(CCc1ccccc1)CS2)C(N)=O. The van der Waals surface area contributed by atoms with E-state index in [4.69, 9.17) is 5.73 Å². The van der Waals surface area contributed by atoms with Crippen LogP contribution in [0.1, 0.15) is 36.0 Å². The molecule has 2 aromatic rings. The number of rotatable bonds is 7. The minimum absolute atomic E-state index is 0.304. The molecule has 0 spiro atoms. The van der Waals surface area contributed by atoms with E-state index < -0.39 is 0 Å². The molecule has 1 amide bonds. The van der Waals surface area contributed by atoms with Gasteiger partial charge in [-0.15, -0.1) is 11.8 Å². The molecule has 0 radical (unpaired) electrons. The van der Waals surface area contributed by atoms with E-state index >= 15 is 0 Å². The van der Waals surface area contributed by atoms with E-state index in [2.05, 4.69) is 53.8 Å². The molecule has 2 atom stereocenters. The van der Waals surface area contributed by atoms with Gasteiger partial charge in [-0.25, -0.2) is 0 Å². The molecule has 1 aliphatic rings. The average molecular weight is 340 g/mol. The lowest BCUT2D eigenvalue weighted by atomic mass is 9.93. The number of benzene rings is 2. The Bertz CT molecular complexity index is 702. The van der Waals surface area contributed by atoms with Crippen LogP contribution in [-0.4, -0.2) is 17.7 Å². The number of primary amides is 1. The second kappa shape index (κ2) is 7.86. The summed E-state index contributed by atoms with van der Waals surface area (Å²) >= 11 is 1.95. The number of carbonyl (C=O) groups is 1. The van der Waals surface area contributed by atoms with Crippen LogP contribution in [0.5, 0.6) is 0 Å². The van der Waals surface area contributed by atoms with Crippen molar-refractivity contribution >= 4 is 17.7 Å². The zero-order chi connectivity index (χ0) is 16.9. The minimum Gasteiger partial charge on any atom is -0.368 e. The van der Waals surface area contributed by atoms with Gasteiger partial charge in [0.05, 0.1) is 6.04 Å². The van der Waals surface area contributed by atoms with Crippen LogP contribution < -0.4 is 11.1 Å². The number of carbonyl (C=O) groups excluding carboxylic acids is 1. The first kappa shape index (κ1) is 17.1. The van der Waals surface area contributed by atoms with Gasteiger partial charge < -0.3 is 11.1 Å². The highest BCUT2D eigenvalue weighted by molar-refractivity contribution is 7.99. The fourth-order valence-corrected chi connectivity index (χ4v) is 4.32. The van der Waals surface area contributed by atoms with E-state index in [1.165, 1.54) is 28.0 Å². The van der Waals surface area contributed by atoms with E-state index in [1.807, 2.05) is 11.8 Å². The monoisotopic (exact) mass is 340 g/mol. The van der Waals surface area contributed by atoms with Gasteiger partial charge in [-0.3, -0.25) is 4.79 Å². The van der Waals surface area contributed by atoms with Crippen LogP contribution in [0, 0.1) is 0 Å². The topological polar surface area (TPSA) is 55.1 Å². The summed E-state index contributed by atoms with van der Waals surface area (Å²) in [7, 11) is 0. The van der Waals surface area contributed by atoms with Gasteiger partial charge in [0.1, 0.15) is 0 Å². The predicted octanol–water partition coefficient (Wildman–Crippen LogP) is 3.47. The van der Waals surface area contributed by atoms with Crippen LogP contribution in [0.2, 0.25) is 0 Å². The van der Waals surface area contributed by atoms with Crippen molar-refractivity contribution in [3.8, 4) is 0 Å². The molecule has 0 bridgehead atoms. The first-order chi connectivity index (χ1) is 11.6. The highest BCUT2D eigenvalue weighted by Crippen LogP contribution is 2.42. The third-order valence-corrected chi connectivity index (χ3v) is 5.87. The maximum atomic E-state index is 11.1. The van der Waals surface area contributed by atoms with Crippen LogP contribution in [-0.2, 0) is 17.8 Å². The lowest BCUT2D eigenvalue weighted by molar-refractivity contribution is -0.119. The van der Waals surface area contributed by atoms with Crippen molar-refractivity contribution in [1.82, 2.24) is 5.32 Å². The third-order valence-electron chi connectivity index (χ3n) is 4.62. The molecule has 3 nitrogen and oxygen atoms in total. The molecule has 0 fully saturated rings. The second-order valence-electron chi connectivity index (χ2n) is 6.41. The molecule has 1 heterocycles. The van der Waals surface area contributed by atoms with E-state index in [0.29, 0.717) is 12.5 Å². The number of fused-ring (bicyclic) bond motifs is 1. The average Bonchev–Trinajstić information content (AvgIpc) is 3.01. The first-order valence-electron chi connectivity index (χ1n) is 8.45. The Morgan fingerprint density at radius 3 is 2.79 bits per heavy atom. The van der Waals surface area contributed by atoms with Gasteiger partial charge in [-0.05, 0) is 48.4 Å².